The third-order valence-corrected chi connectivity index (χ3v) is 4.11. The van der Waals surface area contributed by atoms with Crippen molar-refractivity contribution in [2.45, 2.75) is 59.0 Å². The molecule has 3 heteroatoms. The van der Waals surface area contributed by atoms with Crippen molar-refractivity contribution in [3.8, 4) is 0 Å². The van der Waals surface area contributed by atoms with Crippen LogP contribution in [0.3, 0.4) is 0 Å². The lowest BCUT2D eigenvalue weighted by atomic mass is 9.80. The number of rotatable bonds is 4. The minimum absolute atomic E-state index is 0.200. The van der Waals surface area contributed by atoms with Crippen molar-refractivity contribution in [3.05, 3.63) is 0 Å². The van der Waals surface area contributed by atoms with E-state index < -0.39 is 0 Å². The zero-order valence-corrected chi connectivity index (χ0v) is 12.0. The Hall–Kier alpha value is -0.570. The predicted octanol–water partition coefficient (Wildman–Crippen LogP) is 2.27. The molecule has 0 bridgehead atoms. The molecule has 1 rings (SSSR count). The highest BCUT2D eigenvalue weighted by atomic mass is 16.2. The van der Waals surface area contributed by atoms with E-state index in [2.05, 4.69) is 19.2 Å². The molecule has 0 aromatic carbocycles. The third kappa shape index (κ3) is 4.30. The van der Waals surface area contributed by atoms with Crippen LogP contribution in [0.25, 0.3) is 0 Å². The summed E-state index contributed by atoms with van der Waals surface area (Å²) in [6, 6.07) is 0.809. The molecule has 0 saturated heterocycles. The first-order valence-electron chi connectivity index (χ1n) is 6.90. The number of carbonyl (C=O) groups excluding carboxylic acids is 1. The first-order valence-corrected chi connectivity index (χ1v) is 6.90. The van der Waals surface area contributed by atoms with Gasteiger partial charge in [-0.3, -0.25) is 4.79 Å². The second-order valence-corrected chi connectivity index (χ2v) is 5.98. The molecule has 0 radical (unpaired) electrons. The average molecular weight is 240 g/mol. The topological polar surface area (TPSA) is 32.3 Å². The number of carbonyl (C=O) groups is 1. The summed E-state index contributed by atoms with van der Waals surface area (Å²) in [4.78, 5) is 13.7. The number of hydrogen-bond acceptors (Lipinski definition) is 2. The van der Waals surface area contributed by atoms with Crippen molar-refractivity contribution in [2.24, 2.45) is 11.8 Å². The van der Waals surface area contributed by atoms with Crippen LogP contribution in [0.5, 0.6) is 0 Å². The summed E-state index contributed by atoms with van der Waals surface area (Å²) in [5.41, 5.74) is 0. The van der Waals surface area contributed by atoms with Crippen LogP contribution in [0.4, 0.5) is 0 Å². The van der Waals surface area contributed by atoms with E-state index in [4.69, 9.17) is 0 Å². The van der Waals surface area contributed by atoms with Crippen LogP contribution in [-0.2, 0) is 4.79 Å². The zero-order chi connectivity index (χ0) is 13.0. The lowest BCUT2D eigenvalue weighted by molar-refractivity contribution is -0.130. The summed E-state index contributed by atoms with van der Waals surface area (Å²) in [6.07, 6.45) is 3.78. The Morgan fingerprint density at radius 2 is 2.00 bits per heavy atom. The van der Waals surface area contributed by atoms with E-state index in [0.717, 1.165) is 5.92 Å². The SMILES string of the molecule is CC1CCC(NCC(=O)N(C)C(C)C)C(C)C1. The highest BCUT2D eigenvalue weighted by Crippen LogP contribution is 2.28. The van der Waals surface area contributed by atoms with E-state index in [1.165, 1.54) is 19.3 Å². The number of amides is 1. The van der Waals surface area contributed by atoms with Gasteiger partial charge in [-0.25, -0.2) is 0 Å². The van der Waals surface area contributed by atoms with Crippen LogP contribution in [0, 0.1) is 11.8 Å². The Balaban J connectivity index is 2.33. The normalized spacial score (nSPS) is 29.4. The molecule has 1 saturated carbocycles. The molecular formula is C14H28N2O. The highest BCUT2D eigenvalue weighted by molar-refractivity contribution is 5.78. The van der Waals surface area contributed by atoms with Crippen LogP contribution < -0.4 is 5.32 Å². The summed E-state index contributed by atoms with van der Waals surface area (Å²) in [7, 11) is 1.88. The van der Waals surface area contributed by atoms with Gasteiger partial charge in [-0.15, -0.1) is 0 Å². The Morgan fingerprint density at radius 1 is 1.35 bits per heavy atom. The molecule has 0 aliphatic heterocycles. The molecule has 3 nitrogen and oxygen atoms in total. The number of nitrogens with one attached hydrogen (secondary N) is 1. The van der Waals surface area contributed by atoms with Gasteiger partial charge in [0, 0.05) is 19.1 Å². The van der Waals surface area contributed by atoms with Crippen molar-refractivity contribution < 1.29 is 4.79 Å². The molecule has 1 amide bonds. The zero-order valence-electron chi connectivity index (χ0n) is 12.0. The molecule has 3 unspecified atom stereocenters. The minimum Gasteiger partial charge on any atom is -0.342 e. The third-order valence-electron chi connectivity index (χ3n) is 4.11. The lowest BCUT2D eigenvalue weighted by Gasteiger charge is -2.33. The summed E-state index contributed by atoms with van der Waals surface area (Å²) in [5, 5.41) is 3.44. The van der Waals surface area contributed by atoms with Gasteiger partial charge in [-0.2, -0.15) is 0 Å². The van der Waals surface area contributed by atoms with Crippen molar-refractivity contribution in [1.29, 1.82) is 0 Å². The molecule has 0 heterocycles. The Bertz CT molecular complexity index is 253. The van der Waals surface area contributed by atoms with Gasteiger partial charge in [-0.1, -0.05) is 13.8 Å². The smallest absolute Gasteiger partial charge is 0.236 e. The molecule has 1 aliphatic rings. The maximum Gasteiger partial charge on any atom is 0.236 e. The Morgan fingerprint density at radius 3 is 2.53 bits per heavy atom. The fraction of sp³-hybridized carbons (Fsp3) is 0.929. The van der Waals surface area contributed by atoms with Crippen molar-refractivity contribution in [2.75, 3.05) is 13.6 Å². The molecule has 1 N–H and O–H groups in total. The fourth-order valence-electron chi connectivity index (χ4n) is 2.60. The summed E-state index contributed by atoms with van der Waals surface area (Å²) in [6.45, 7) is 9.19. The monoisotopic (exact) mass is 240 g/mol. The number of hydrogen-bond donors (Lipinski definition) is 1. The quantitative estimate of drug-likeness (QED) is 0.817. The van der Waals surface area contributed by atoms with E-state index in [9.17, 15) is 4.79 Å². The maximum atomic E-state index is 11.9. The van der Waals surface area contributed by atoms with Crippen molar-refractivity contribution in [3.63, 3.8) is 0 Å². The number of nitrogens with zero attached hydrogens (tertiary/aromatic N) is 1. The van der Waals surface area contributed by atoms with Gasteiger partial charge in [0.15, 0.2) is 0 Å². The molecule has 0 aromatic rings. The van der Waals surface area contributed by atoms with Gasteiger partial charge in [0.05, 0.1) is 6.54 Å². The number of likely N-dealkylation sites (N-methyl/N-ethyl adjacent to an activating group) is 1. The van der Waals surface area contributed by atoms with Gasteiger partial charge in [0.2, 0.25) is 5.91 Å². The first-order chi connectivity index (χ1) is 7.91. The summed E-state index contributed by atoms with van der Waals surface area (Å²) in [5.74, 6) is 1.74. The van der Waals surface area contributed by atoms with Gasteiger partial charge in [-0.05, 0) is 44.9 Å². The predicted molar refractivity (Wildman–Crippen MR) is 71.9 cm³/mol. The molecule has 100 valence electrons. The fourth-order valence-corrected chi connectivity index (χ4v) is 2.60. The second kappa shape index (κ2) is 6.39. The lowest BCUT2D eigenvalue weighted by Crippen LogP contribution is -2.46. The molecule has 1 aliphatic carbocycles. The molecule has 0 aromatic heterocycles. The molecule has 3 atom stereocenters. The van der Waals surface area contributed by atoms with Crippen molar-refractivity contribution in [1.82, 2.24) is 10.2 Å². The van der Waals surface area contributed by atoms with E-state index in [0.29, 0.717) is 18.5 Å². The van der Waals surface area contributed by atoms with Gasteiger partial charge in [0.25, 0.3) is 0 Å². The van der Waals surface area contributed by atoms with Gasteiger partial charge < -0.3 is 10.2 Å². The van der Waals surface area contributed by atoms with Crippen LogP contribution in [0.2, 0.25) is 0 Å². The molecule has 1 fully saturated rings. The van der Waals surface area contributed by atoms with Gasteiger partial charge >= 0.3 is 0 Å². The minimum atomic E-state index is 0.200. The maximum absolute atomic E-state index is 11.9. The average Bonchev–Trinajstić information content (AvgIpc) is 2.26. The van der Waals surface area contributed by atoms with Crippen molar-refractivity contribution >= 4 is 5.91 Å². The molecule has 17 heavy (non-hydrogen) atoms. The van der Waals surface area contributed by atoms with E-state index >= 15 is 0 Å². The summed E-state index contributed by atoms with van der Waals surface area (Å²) >= 11 is 0. The highest BCUT2D eigenvalue weighted by Gasteiger charge is 2.25. The van der Waals surface area contributed by atoms with Crippen LogP contribution >= 0.6 is 0 Å². The summed E-state index contributed by atoms with van der Waals surface area (Å²) < 4.78 is 0. The van der Waals surface area contributed by atoms with Crippen LogP contribution in [-0.4, -0.2) is 36.5 Å². The first kappa shape index (κ1) is 14.5. The molecular weight excluding hydrogens is 212 g/mol. The van der Waals surface area contributed by atoms with E-state index in [1.54, 1.807) is 0 Å². The van der Waals surface area contributed by atoms with E-state index in [1.807, 2.05) is 25.8 Å². The standard InChI is InChI=1S/C14H28N2O/c1-10(2)16(5)14(17)9-15-13-7-6-11(3)8-12(13)4/h10-13,15H,6-9H2,1-5H3. The Kier molecular flexibility index (Phi) is 5.44. The van der Waals surface area contributed by atoms with Crippen LogP contribution in [0.1, 0.15) is 47.0 Å². The Labute approximate surface area is 106 Å². The largest absolute Gasteiger partial charge is 0.342 e. The second-order valence-electron chi connectivity index (χ2n) is 5.98. The van der Waals surface area contributed by atoms with Crippen LogP contribution in [0.15, 0.2) is 0 Å². The van der Waals surface area contributed by atoms with Gasteiger partial charge in [0.1, 0.15) is 0 Å². The molecule has 0 spiro atoms. The van der Waals surface area contributed by atoms with E-state index in [-0.39, 0.29) is 11.9 Å².